The van der Waals surface area contributed by atoms with Crippen LogP contribution < -0.4 is 16.0 Å². The van der Waals surface area contributed by atoms with Crippen molar-refractivity contribution < 1.29 is 14.6 Å². The number of fused-ring (bicyclic) bond motifs is 2. The molecule has 0 radical (unpaired) electrons. The highest BCUT2D eigenvalue weighted by Gasteiger charge is 2.19. The first-order valence-electron chi connectivity index (χ1n) is 14.6. The summed E-state index contributed by atoms with van der Waals surface area (Å²) in [7, 11) is 3.51. The highest BCUT2D eigenvalue weighted by atomic mass is 16.5. The number of carbonyl (C=O) groups excluding carboxylic acids is 1. The van der Waals surface area contributed by atoms with Crippen LogP contribution >= 0.6 is 0 Å². The molecular formula is C30H43N9O3. The largest absolute Gasteiger partial charge is 0.471 e. The van der Waals surface area contributed by atoms with Gasteiger partial charge < -0.3 is 30.7 Å². The molecular weight excluding hydrogens is 534 g/mol. The molecule has 42 heavy (non-hydrogen) atoms. The van der Waals surface area contributed by atoms with Gasteiger partial charge in [0.1, 0.15) is 5.52 Å². The van der Waals surface area contributed by atoms with Crippen LogP contribution in [0.3, 0.4) is 0 Å². The van der Waals surface area contributed by atoms with E-state index >= 15 is 0 Å². The minimum atomic E-state index is 0.0339. The highest BCUT2D eigenvalue weighted by Crippen LogP contribution is 2.26. The molecule has 0 saturated carbocycles. The summed E-state index contributed by atoms with van der Waals surface area (Å²) in [6.45, 7) is 7.44. The van der Waals surface area contributed by atoms with Crippen molar-refractivity contribution in [1.82, 2.24) is 34.9 Å². The molecule has 226 valence electrons. The van der Waals surface area contributed by atoms with Gasteiger partial charge in [0.15, 0.2) is 11.3 Å². The average Bonchev–Trinajstić information content (AvgIpc) is 3.40. The fourth-order valence-electron chi connectivity index (χ4n) is 5.39. The van der Waals surface area contributed by atoms with E-state index in [-0.39, 0.29) is 12.6 Å². The number of piperidine rings is 1. The first kappa shape index (κ1) is 31.1. The molecule has 12 nitrogen and oxygen atoms in total. The lowest BCUT2D eigenvalue weighted by Gasteiger charge is -2.30. The second-order valence-corrected chi connectivity index (χ2v) is 10.6. The van der Waals surface area contributed by atoms with Crippen LogP contribution in [0.2, 0.25) is 0 Å². The third-order valence-electron chi connectivity index (χ3n) is 7.44. The summed E-state index contributed by atoms with van der Waals surface area (Å²) in [5, 5.41) is 19.4. The van der Waals surface area contributed by atoms with Crippen molar-refractivity contribution in [3.8, 4) is 0 Å². The number of nitrogen functional groups attached to an aromatic ring is 1. The molecule has 4 aromatic rings. The SMILES string of the molecule is CCCCN(CCO)c1nc(N)nc2cn(Cc3ccc(CN[C@@H]4CCCN(C)C4)c4cccnc34)nc12.COC=O. The number of methoxy groups -OCH3 is 1. The van der Waals surface area contributed by atoms with Gasteiger partial charge in [-0.05, 0) is 50.0 Å². The van der Waals surface area contributed by atoms with E-state index in [0.29, 0.717) is 42.5 Å². The lowest BCUT2D eigenvalue weighted by atomic mass is 10.0. The first-order valence-corrected chi connectivity index (χ1v) is 14.6. The van der Waals surface area contributed by atoms with Gasteiger partial charge in [0.25, 0.3) is 6.47 Å². The van der Waals surface area contributed by atoms with E-state index < -0.39 is 0 Å². The van der Waals surface area contributed by atoms with E-state index in [1.165, 1.54) is 32.1 Å². The number of likely N-dealkylation sites (tertiary alicyclic amines) is 1. The number of hydrogen-bond acceptors (Lipinski definition) is 11. The van der Waals surface area contributed by atoms with Gasteiger partial charge in [-0.2, -0.15) is 10.1 Å². The van der Waals surface area contributed by atoms with Gasteiger partial charge in [-0.3, -0.25) is 14.5 Å². The van der Waals surface area contributed by atoms with Crippen LogP contribution in [-0.2, 0) is 22.6 Å². The minimum absolute atomic E-state index is 0.0339. The van der Waals surface area contributed by atoms with Crippen molar-refractivity contribution in [2.45, 2.75) is 51.7 Å². The summed E-state index contributed by atoms with van der Waals surface area (Å²) in [5.41, 5.74) is 10.8. The Labute approximate surface area is 246 Å². The molecule has 1 atom stereocenters. The quantitative estimate of drug-likeness (QED) is 0.213. The molecule has 3 aromatic heterocycles. The van der Waals surface area contributed by atoms with Crippen molar-refractivity contribution in [2.24, 2.45) is 0 Å². The number of nitrogens with two attached hydrogens (primary N) is 1. The maximum atomic E-state index is 9.63. The number of nitrogens with zero attached hydrogens (tertiary/aromatic N) is 7. The Bertz CT molecular complexity index is 1440. The van der Waals surface area contributed by atoms with Crippen LogP contribution in [0, 0.1) is 0 Å². The topological polar surface area (TPSA) is 148 Å². The van der Waals surface area contributed by atoms with Crippen molar-refractivity contribution in [3.05, 3.63) is 47.8 Å². The molecule has 0 bridgehead atoms. The van der Waals surface area contributed by atoms with Crippen LogP contribution in [0.15, 0.2) is 36.7 Å². The maximum absolute atomic E-state index is 9.63. The van der Waals surface area contributed by atoms with Gasteiger partial charge in [0.05, 0.1) is 32.0 Å². The van der Waals surface area contributed by atoms with Gasteiger partial charge in [-0.1, -0.05) is 31.5 Å². The van der Waals surface area contributed by atoms with Crippen LogP contribution in [0.1, 0.15) is 43.7 Å². The van der Waals surface area contributed by atoms with E-state index in [0.717, 1.165) is 48.9 Å². The number of likely N-dealkylation sites (N-methyl/N-ethyl adjacent to an activating group) is 1. The van der Waals surface area contributed by atoms with Crippen molar-refractivity contribution in [1.29, 1.82) is 0 Å². The summed E-state index contributed by atoms with van der Waals surface area (Å²) in [5.74, 6) is 0.881. The Balaban J connectivity index is 0.000000952. The summed E-state index contributed by atoms with van der Waals surface area (Å²) in [4.78, 5) is 27.1. The van der Waals surface area contributed by atoms with Gasteiger partial charge in [0, 0.05) is 43.8 Å². The number of aromatic nitrogens is 5. The number of pyridine rings is 1. The zero-order valence-corrected chi connectivity index (χ0v) is 24.9. The molecule has 1 aliphatic heterocycles. The van der Waals surface area contributed by atoms with Crippen molar-refractivity contribution in [3.63, 3.8) is 0 Å². The number of rotatable bonds is 12. The number of carbonyl (C=O) groups is 1. The zero-order valence-electron chi connectivity index (χ0n) is 24.9. The second kappa shape index (κ2) is 15.4. The molecule has 4 heterocycles. The van der Waals surface area contributed by atoms with Gasteiger partial charge >= 0.3 is 0 Å². The normalized spacial score (nSPS) is 15.4. The number of unbranched alkanes of at least 4 members (excludes halogenated alkanes) is 1. The Morgan fingerprint density at radius 1 is 1.21 bits per heavy atom. The van der Waals surface area contributed by atoms with Crippen molar-refractivity contribution >= 4 is 40.2 Å². The predicted octanol–water partition coefficient (Wildman–Crippen LogP) is 2.58. The lowest BCUT2D eigenvalue weighted by Crippen LogP contribution is -2.43. The fraction of sp³-hybridized carbons (Fsp3) is 0.500. The van der Waals surface area contributed by atoms with E-state index in [9.17, 15) is 5.11 Å². The second-order valence-electron chi connectivity index (χ2n) is 10.6. The molecule has 0 amide bonds. The van der Waals surface area contributed by atoms with Crippen molar-refractivity contribution in [2.75, 3.05) is 57.6 Å². The van der Waals surface area contributed by atoms with Crippen LogP contribution in [0.4, 0.5) is 11.8 Å². The Kier molecular flexibility index (Phi) is 11.4. The standard InChI is InChI=1S/C28H39N9O.C2H4O2/c1-3-4-13-36(14-15-38)27-26-24(32-28(29)33-27)19-37(34-26)17-21-10-9-20(23-8-5-11-30-25(21)23)16-31-22-7-6-12-35(2)18-22;1-4-2-3/h5,8-11,19,22,31,38H,3-4,6-7,12-18H2,1-2H3,(H2,29,32);2H,1H3/t22-;/m1./s1. The number of anilines is 2. The maximum Gasteiger partial charge on any atom is 0.292 e. The summed E-state index contributed by atoms with van der Waals surface area (Å²) < 4.78 is 5.75. The predicted molar refractivity (Wildman–Crippen MR) is 165 cm³/mol. The minimum Gasteiger partial charge on any atom is -0.471 e. The summed E-state index contributed by atoms with van der Waals surface area (Å²) in [6, 6.07) is 9.04. The molecule has 0 spiro atoms. The number of nitrogens with one attached hydrogen (secondary N) is 1. The fourth-order valence-corrected chi connectivity index (χ4v) is 5.39. The van der Waals surface area contributed by atoms with Crippen LogP contribution in [-0.4, -0.2) is 94.2 Å². The monoisotopic (exact) mass is 577 g/mol. The van der Waals surface area contributed by atoms with Crippen LogP contribution in [0.5, 0.6) is 0 Å². The summed E-state index contributed by atoms with van der Waals surface area (Å²) >= 11 is 0. The molecule has 1 aromatic carbocycles. The van der Waals surface area contributed by atoms with Gasteiger partial charge in [0.2, 0.25) is 5.95 Å². The van der Waals surface area contributed by atoms with E-state index in [1.807, 2.05) is 28.0 Å². The number of ether oxygens (including phenoxy) is 1. The molecule has 0 aliphatic carbocycles. The summed E-state index contributed by atoms with van der Waals surface area (Å²) in [6.07, 6.45) is 8.25. The van der Waals surface area contributed by atoms with Gasteiger partial charge in [-0.25, -0.2) is 4.98 Å². The third kappa shape index (κ3) is 7.90. The van der Waals surface area contributed by atoms with Crippen LogP contribution in [0.25, 0.3) is 21.9 Å². The first-order chi connectivity index (χ1) is 20.5. The lowest BCUT2D eigenvalue weighted by molar-refractivity contribution is -0.126. The molecule has 1 fully saturated rings. The number of aliphatic hydroxyl groups excluding tert-OH is 1. The molecule has 12 heteroatoms. The zero-order chi connectivity index (χ0) is 29.9. The number of hydrogen-bond donors (Lipinski definition) is 3. The number of benzene rings is 1. The van der Waals surface area contributed by atoms with E-state index in [2.05, 4.69) is 57.1 Å². The van der Waals surface area contributed by atoms with E-state index in [4.69, 9.17) is 20.6 Å². The molecule has 5 rings (SSSR count). The average molecular weight is 578 g/mol. The Hall–Kier alpha value is -3.87. The Morgan fingerprint density at radius 2 is 2.02 bits per heavy atom. The number of aliphatic hydroxyl groups is 1. The Morgan fingerprint density at radius 3 is 2.76 bits per heavy atom. The smallest absolute Gasteiger partial charge is 0.292 e. The third-order valence-corrected chi connectivity index (χ3v) is 7.44. The van der Waals surface area contributed by atoms with Gasteiger partial charge in [-0.15, -0.1) is 0 Å². The molecule has 1 aliphatic rings. The van der Waals surface area contributed by atoms with E-state index in [1.54, 1.807) is 0 Å². The molecule has 1 saturated heterocycles. The highest BCUT2D eigenvalue weighted by molar-refractivity contribution is 5.87. The molecule has 4 N–H and O–H groups in total. The molecule has 0 unspecified atom stereocenters.